The predicted molar refractivity (Wildman–Crippen MR) is 97.4 cm³/mol. The quantitative estimate of drug-likeness (QED) is 0.506. The van der Waals surface area contributed by atoms with Gasteiger partial charge in [-0.15, -0.1) is 0 Å². The molecule has 0 fully saturated rings. The van der Waals surface area contributed by atoms with Crippen LogP contribution in [-0.4, -0.2) is 26.0 Å². The average molecular weight is 369 g/mol. The molecule has 26 heavy (non-hydrogen) atoms. The van der Waals surface area contributed by atoms with E-state index in [2.05, 4.69) is 20.5 Å². The van der Waals surface area contributed by atoms with E-state index < -0.39 is 10.8 Å². The number of aryl methyl sites for hydroxylation is 1. The van der Waals surface area contributed by atoms with Gasteiger partial charge in [-0.05, 0) is 41.9 Å². The molecule has 1 aromatic heterocycles. The smallest absolute Gasteiger partial charge is 0.270 e. The molecule has 132 valence electrons. The zero-order valence-corrected chi connectivity index (χ0v) is 14.6. The summed E-state index contributed by atoms with van der Waals surface area (Å²) in [5, 5.41) is 20.8. The molecule has 2 aromatic carbocycles. The van der Waals surface area contributed by atoms with Crippen LogP contribution in [0.15, 0.2) is 58.8 Å². The first kappa shape index (κ1) is 17.6. The number of aromatic nitrogens is 3. The third-order valence-electron chi connectivity index (χ3n) is 3.61. The number of aromatic amines is 1. The van der Waals surface area contributed by atoms with E-state index in [1.54, 1.807) is 6.07 Å². The Balaban J connectivity index is 1.93. The summed E-state index contributed by atoms with van der Waals surface area (Å²) in [6, 6.07) is 11.6. The van der Waals surface area contributed by atoms with Crippen LogP contribution >= 0.6 is 11.8 Å². The Labute approximate surface area is 153 Å². The highest BCUT2D eigenvalue weighted by molar-refractivity contribution is 7.99. The third kappa shape index (κ3) is 4.06. The summed E-state index contributed by atoms with van der Waals surface area (Å²) in [6.45, 7) is 2.02. The molecule has 0 atom stereocenters. The topological polar surface area (TPSA) is 114 Å². The number of non-ortho nitro benzene ring substituents is 1. The van der Waals surface area contributed by atoms with E-state index in [9.17, 15) is 14.9 Å². The fourth-order valence-electron chi connectivity index (χ4n) is 2.31. The minimum absolute atomic E-state index is 0.153. The molecule has 0 aliphatic carbocycles. The molecule has 0 radical (unpaired) electrons. The van der Waals surface area contributed by atoms with Gasteiger partial charge in [-0.2, -0.15) is 5.10 Å². The monoisotopic (exact) mass is 369 g/mol. The van der Waals surface area contributed by atoms with Gasteiger partial charge in [-0.1, -0.05) is 19.1 Å². The fraction of sp³-hybridized carbons (Fsp3) is 0.118. The largest absolute Gasteiger partial charge is 0.322 e. The van der Waals surface area contributed by atoms with Crippen LogP contribution in [0.3, 0.4) is 0 Å². The van der Waals surface area contributed by atoms with E-state index in [-0.39, 0.29) is 11.3 Å². The molecule has 0 aliphatic rings. The lowest BCUT2D eigenvalue weighted by atomic mass is 10.1. The van der Waals surface area contributed by atoms with Crippen molar-refractivity contribution >= 4 is 29.0 Å². The van der Waals surface area contributed by atoms with Crippen LogP contribution in [0, 0.1) is 10.1 Å². The van der Waals surface area contributed by atoms with Crippen LogP contribution in [0.2, 0.25) is 0 Å². The Kier molecular flexibility index (Phi) is 5.28. The van der Waals surface area contributed by atoms with E-state index >= 15 is 0 Å². The minimum Gasteiger partial charge on any atom is -0.322 e. The number of nitrogens with zero attached hydrogens (tertiary/aromatic N) is 3. The number of hydrogen-bond donors (Lipinski definition) is 2. The number of anilines is 1. The summed E-state index contributed by atoms with van der Waals surface area (Å²) in [4.78, 5) is 27.8. The van der Waals surface area contributed by atoms with Crippen LogP contribution in [0.4, 0.5) is 11.4 Å². The van der Waals surface area contributed by atoms with E-state index in [1.807, 2.05) is 25.1 Å². The van der Waals surface area contributed by atoms with Gasteiger partial charge in [0.05, 0.1) is 10.5 Å². The first-order valence-corrected chi connectivity index (χ1v) is 8.60. The van der Waals surface area contributed by atoms with Crippen molar-refractivity contribution in [1.29, 1.82) is 0 Å². The lowest BCUT2D eigenvalue weighted by molar-refractivity contribution is -0.384. The number of rotatable bonds is 6. The maximum Gasteiger partial charge on any atom is 0.270 e. The molecule has 0 saturated heterocycles. The zero-order valence-electron chi connectivity index (χ0n) is 13.8. The molecule has 2 N–H and O–H groups in total. The molecule has 0 spiro atoms. The van der Waals surface area contributed by atoms with Crippen molar-refractivity contribution in [3.05, 3.63) is 70.0 Å². The maximum atomic E-state index is 12.7. The second-order valence-corrected chi connectivity index (χ2v) is 6.37. The second kappa shape index (κ2) is 7.79. The highest BCUT2D eigenvalue weighted by Crippen LogP contribution is 2.31. The number of H-pyrrole nitrogens is 1. The van der Waals surface area contributed by atoms with Gasteiger partial charge < -0.3 is 5.32 Å². The Morgan fingerprint density at radius 1 is 1.31 bits per heavy atom. The Morgan fingerprint density at radius 2 is 2.15 bits per heavy atom. The number of benzene rings is 2. The predicted octanol–water partition coefficient (Wildman–Crippen LogP) is 3.68. The maximum absolute atomic E-state index is 12.7. The van der Waals surface area contributed by atoms with Crippen LogP contribution < -0.4 is 5.32 Å². The highest BCUT2D eigenvalue weighted by Gasteiger charge is 2.18. The minimum atomic E-state index is -0.530. The highest BCUT2D eigenvalue weighted by atomic mass is 32.2. The van der Waals surface area contributed by atoms with Crippen LogP contribution in [0.25, 0.3) is 0 Å². The SMILES string of the molecule is CCc1cccc(NC(=O)c2cc([N+](=O)[O-])ccc2Sc2ncn[nH]2)c1. The molecule has 0 aliphatic heterocycles. The summed E-state index contributed by atoms with van der Waals surface area (Å²) in [6.07, 6.45) is 2.19. The third-order valence-corrected chi connectivity index (χ3v) is 4.58. The van der Waals surface area contributed by atoms with Gasteiger partial charge in [0.1, 0.15) is 6.33 Å². The molecule has 3 aromatic rings. The van der Waals surface area contributed by atoms with Crippen molar-refractivity contribution in [2.45, 2.75) is 23.4 Å². The number of amides is 1. The van der Waals surface area contributed by atoms with Crippen molar-refractivity contribution in [2.24, 2.45) is 0 Å². The number of carbonyl (C=O) groups excluding carboxylic acids is 1. The van der Waals surface area contributed by atoms with Crippen molar-refractivity contribution in [3.8, 4) is 0 Å². The second-order valence-electron chi connectivity index (χ2n) is 5.34. The average Bonchev–Trinajstić information content (AvgIpc) is 3.15. The summed E-state index contributed by atoms with van der Waals surface area (Å²) < 4.78 is 0. The van der Waals surface area contributed by atoms with Crippen LogP contribution in [-0.2, 0) is 6.42 Å². The first-order valence-electron chi connectivity index (χ1n) is 7.78. The number of hydrogen-bond acceptors (Lipinski definition) is 6. The van der Waals surface area contributed by atoms with E-state index in [0.717, 1.165) is 12.0 Å². The van der Waals surface area contributed by atoms with Gasteiger partial charge in [0, 0.05) is 22.7 Å². The van der Waals surface area contributed by atoms with Gasteiger partial charge in [0.15, 0.2) is 5.16 Å². The normalized spacial score (nSPS) is 10.5. The summed E-state index contributed by atoms with van der Waals surface area (Å²) in [5.74, 6) is -0.427. The van der Waals surface area contributed by atoms with E-state index in [0.29, 0.717) is 15.7 Å². The van der Waals surface area contributed by atoms with Crippen LogP contribution in [0.5, 0.6) is 0 Å². The van der Waals surface area contributed by atoms with Crippen LogP contribution in [0.1, 0.15) is 22.8 Å². The van der Waals surface area contributed by atoms with Gasteiger partial charge >= 0.3 is 0 Å². The van der Waals surface area contributed by atoms with Gasteiger partial charge in [-0.25, -0.2) is 4.98 Å². The Hall–Kier alpha value is -3.20. The Bertz CT molecular complexity index is 943. The molecule has 0 saturated carbocycles. The Morgan fingerprint density at radius 3 is 2.85 bits per heavy atom. The molecule has 0 bridgehead atoms. The lowest BCUT2D eigenvalue weighted by Crippen LogP contribution is -2.13. The molecule has 1 amide bonds. The van der Waals surface area contributed by atoms with Crippen molar-refractivity contribution in [1.82, 2.24) is 15.2 Å². The van der Waals surface area contributed by atoms with Gasteiger partial charge in [0.2, 0.25) is 0 Å². The molecule has 9 heteroatoms. The number of nitrogens with one attached hydrogen (secondary N) is 2. The summed E-state index contributed by atoms with van der Waals surface area (Å²) in [7, 11) is 0. The molecular weight excluding hydrogens is 354 g/mol. The lowest BCUT2D eigenvalue weighted by Gasteiger charge is -2.10. The number of carbonyl (C=O) groups is 1. The molecule has 8 nitrogen and oxygen atoms in total. The summed E-state index contributed by atoms with van der Waals surface area (Å²) in [5.41, 5.74) is 1.76. The fourth-order valence-corrected chi connectivity index (χ4v) is 3.12. The molecule has 1 heterocycles. The van der Waals surface area contributed by atoms with E-state index in [1.165, 1.54) is 36.3 Å². The van der Waals surface area contributed by atoms with Crippen molar-refractivity contribution < 1.29 is 9.72 Å². The number of nitro benzene ring substituents is 1. The summed E-state index contributed by atoms with van der Waals surface area (Å²) >= 11 is 1.18. The first-order chi connectivity index (χ1) is 12.6. The molecular formula is C17H15N5O3S. The van der Waals surface area contributed by atoms with E-state index in [4.69, 9.17) is 0 Å². The van der Waals surface area contributed by atoms with Crippen molar-refractivity contribution in [3.63, 3.8) is 0 Å². The zero-order chi connectivity index (χ0) is 18.5. The molecule has 0 unspecified atom stereocenters. The number of nitro groups is 1. The van der Waals surface area contributed by atoms with Gasteiger partial charge in [-0.3, -0.25) is 20.0 Å². The molecule has 3 rings (SSSR count). The van der Waals surface area contributed by atoms with Crippen molar-refractivity contribution in [2.75, 3.05) is 5.32 Å². The van der Waals surface area contributed by atoms with Gasteiger partial charge in [0.25, 0.3) is 11.6 Å². The standard InChI is InChI=1S/C17H15N5O3S/c1-2-11-4-3-5-12(8-11)20-16(23)14-9-13(22(24)25)6-7-15(14)26-17-18-10-19-21-17/h3-10H,2H2,1H3,(H,20,23)(H,18,19,21).